The molecular formula is C11H13F3N4O. The number of hydrogen-bond acceptors (Lipinski definition) is 4. The lowest BCUT2D eigenvalue weighted by atomic mass is 10.2. The summed E-state index contributed by atoms with van der Waals surface area (Å²) in [6.07, 6.45) is -1.53. The molecule has 0 amide bonds. The standard InChI is InChI=1S/C11H13F3N4O/c12-11(13,14)6-18(8-1-2-8)9-5-7(3-4-16-9)10(15)17-19/h3-5,8,19H,1-2,6H2,(H2,15,17). The van der Waals surface area contributed by atoms with Crippen LogP contribution in [0.1, 0.15) is 18.4 Å². The van der Waals surface area contributed by atoms with Gasteiger partial charge >= 0.3 is 6.18 Å². The molecule has 5 nitrogen and oxygen atoms in total. The first kappa shape index (κ1) is 13.4. The van der Waals surface area contributed by atoms with Gasteiger partial charge in [-0.25, -0.2) is 4.98 Å². The summed E-state index contributed by atoms with van der Waals surface area (Å²) in [6.45, 7) is -1.05. The van der Waals surface area contributed by atoms with E-state index in [-0.39, 0.29) is 17.7 Å². The lowest BCUT2D eigenvalue weighted by Gasteiger charge is -2.25. The van der Waals surface area contributed by atoms with Gasteiger partial charge in [0.25, 0.3) is 0 Å². The predicted octanol–water partition coefficient (Wildman–Crippen LogP) is 1.71. The second kappa shape index (κ2) is 4.94. The number of hydrogen-bond donors (Lipinski definition) is 2. The Hall–Kier alpha value is -1.99. The topological polar surface area (TPSA) is 74.7 Å². The van der Waals surface area contributed by atoms with Crippen LogP contribution >= 0.6 is 0 Å². The molecule has 8 heteroatoms. The highest BCUT2D eigenvalue weighted by Crippen LogP contribution is 2.33. The van der Waals surface area contributed by atoms with E-state index in [0.717, 1.165) is 0 Å². The van der Waals surface area contributed by atoms with Crippen LogP contribution in [0.4, 0.5) is 19.0 Å². The predicted molar refractivity (Wildman–Crippen MR) is 63.2 cm³/mol. The molecular weight excluding hydrogens is 261 g/mol. The summed E-state index contributed by atoms with van der Waals surface area (Å²) in [5.74, 6) is 0.0235. The van der Waals surface area contributed by atoms with Gasteiger partial charge in [-0.1, -0.05) is 5.16 Å². The molecule has 1 aliphatic carbocycles. The van der Waals surface area contributed by atoms with Crippen molar-refractivity contribution in [1.29, 1.82) is 0 Å². The Bertz CT molecular complexity index is 485. The zero-order valence-electron chi connectivity index (χ0n) is 9.93. The first-order valence-corrected chi connectivity index (χ1v) is 5.68. The normalized spacial score (nSPS) is 16.5. The Morgan fingerprint density at radius 3 is 2.74 bits per heavy atom. The van der Waals surface area contributed by atoms with E-state index >= 15 is 0 Å². The van der Waals surface area contributed by atoms with Crippen molar-refractivity contribution >= 4 is 11.7 Å². The molecule has 0 atom stereocenters. The van der Waals surface area contributed by atoms with Crippen molar-refractivity contribution in [3.63, 3.8) is 0 Å². The van der Waals surface area contributed by atoms with Gasteiger partial charge in [-0.2, -0.15) is 13.2 Å². The highest BCUT2D eigenvalue weighted by Gasteiger charge is 2.38. The summed E-state index contributed by atoms with van der Waals surface area (Å²) in [6, 6.07) is 2.72. The summed E-state index contributed by atoms with van der Waals surface area (Å²) < 4.78 is 37.6. The Balaban J connectivity index is 2.27. The molecule has 0 radical (unpaired) electrons. The molecule has 1 fully saturated rings. The quantitative estimate of drug-likeness (QED) is 0.379. The lowest BCUT2D eigenvalue weighted by molar-refractivity contribution is -0.120. The molecule has 1 heterocycles. The van der Waals surface area contributed by atoms with Gasteiger partial charge in [-0.3, -0.25) is 0 Å². The van der Waals surface area contributed by atoms with Crippen molar-refractivity contribution in [2.24, 2.45) is 10.9 Å². The second-order valence-corrected chi connectivity index (χ2v) is 4.36. The summed E-state index contributed by atoms with van der Waals surface area (Å²) >= 11 is 0. The molecule has 0 aliphatic heterocycles. The average molecular weight is 274 g/mol. The van der Waals surface area contributed by atoms with E-state index in [4.69, 9.17) is 10.9 Å². The van der Waals surface area contributed by atoms with Gasteiger partial charge in [0.1, 0.15) is 12.4 Å². The number of amidine groups is 1. The molecule has 1 aliphatic rings. The largest absolute Gasteiger partial charge is 0.409 e. The van der Waals surface area contributed by atoms with Gasteiger partial charge in [-0.15, -0.1) is 0 Å². The minimum Gasteiger partial charge on any atom is -0.409 e. The Kier molecular flexibility index (Phi) is 3.50. The number of nitrogens with two attached hydrogens (primary N) is 1. The molecule has 1 aromatic rings. The summed E-state index contributed by atoms with van der Waals surface area (Å²) in [4.78, 5) is 5.14. The number of nitrogens with zero attached hydrogens (tertiary/aromatic N) is 3. The fraction of sp³-hybridized carbons (Fsp3) is 0.455. The average Bonchev–Trinajstić information content (AvgIpc) is 3.18. The summed E-state index contributed by atoms with van der Waals surface area (Å²) in [7, 11) is 0. The second-order valence-electron chi connectivity index (χ2n) is 4.36. The van der Waals surface area contributed by atoms with Crippen LogP contribution in [0.3, 0.4) is 0 Å². The van der Waals surface area contributed by atoms with Crippen molar-refractivity contribution in [3.05, 3.63) is 23.9 Å². The summed E-state index contributed by atoms with van der Waals surface area (Å²) in [5.41, 5.74) is 5.75. The fourth-order valence-electron chi connectivity index (χ4n) is 1.77. The van der Waals surface area contributed by atoms with Crippen LogP contribution < -0.4 is 10.6 Å². The third kappa shape index (κ3) is 3.49. The number of rotatable bonds is 4. The van der Waals surface area contributed by atoms with Crippen molar-refractivity contribution in [3.8, 4) is 0 Å². The lowest BCUT2D eigenvalue weighted by Crippen LogP contribution is -2.36. The van der Waals surface area contributed by atoms with Gasteiger partial charge in [0, 0.05) is 17.8 Å². The zero-order chi connectivity index (χ0) is 14.0. The maximum absolute atomic E-state index is 12.5. The molecule has 0 bridgehead atoms. The van der Waals surface area contributed by atoms with Crippen LogP contribution in [-0.2, 0) is 0 Å². The summed E-state index contributed by atoms with van der Waals surface area (Å²) in [5, 5.41) is 11.4. The minimum absolute atomic E-state index is 0.142. The van der Waals surface area contributed by atoms with Crippen molar-refractivity contribution in [1.82, 2.24) is 4.98 Å². The van der Waals surface area contributed by atoms with Gasteiger partial charge in [0.2, 0.25) is 0 Å². The first-order valence-electron chi connectivity index (χ1n) is 5.68. The molecule has 2 rings (SSSR count). The van der Waals surface area contributed by atoms with Gasteiger partial charge in [0.15, 0.2) is 5.84 Å². The fourth-order valence-corrected chi connectivity index (χ4v) is 1.77. The third-order valence-electron chi connectivity index (χ3n) is 2.78. The molecule has 1 saturated carbocycles. The smallest absolute Gasteiger partial charge is 0.405 e. The molecule has 104 valence electrons. The molecule has 0 aromatic carbocycles. The van der Waals surface area contributed by atoms with E-state index < -0.39 is 12.7 Å². The molecule has 0 saturated heterocycles. The minimum atomic E-state index is -4.29. The van der Waals surface area contributed by atoms with Gasteiger partial charge < -0.3 is 15.8 Å². The molecule has 0 unspecified atom stereocenters. The van der Waals surface area contributed by atoms with Crippen LogP contribution in [0, 0.1) is 0 Å². The van der Waals surface area contributed by atoms with E-state index in [1.54, 1.807) is 0 Å². The number of oxime groups is 1. The first-order chi connectivity index (χ1) is 8.90. The van der Waals surface area contributed by atoms with Crippen LogP contribution in [0.2, 0.25) is 0 Å². The van der Waals surface area contributed by atoms with Crippen molar-refractivity contribution in [2.75, 3.05) is 11.4 Å². The van der Waals surface area contributed by atoms with E-state index in [0.29, 0.717) is 18.4 Å². The van der Waals surface area contributed by atoms with Gasteiger partial charge in [-0.05, 0) is 25.0 Å². The highest BCUT2D eigenvalue weighted by atomic mass is 19.4. The molecule has 3 N–H and O–H groups in total. The Morgan fingerprint density at radius 1 is 1.53 bits per heavy atom. The SMILES string of the molecule is NC(=NO)c1ccnc(N(CC(F)(F)F)C2CC2)c1. The van der Waals surface area contributed by atoms with Crippen LogP contribution in [0.15, 0.2) is 23.5 Å². The monoisotopic (exact) mass is 274 g/mol. The molecule has 1 aromatic heterocycles. The zero-order valence-corrected chi connectivity index (χ0v) is 9.93. The maximum Gasteiger partial charge on any atom is 0.405 e. The van der Waals surface area contributed by atoms with Crippen LogP contribution in [0.5, 0.6) is 0 Å². The highest BCUT2D eigenvalue weighted by molar-refractivity contribution is 5.97. The van der Waals surface area contributed by atoms with Crippen molar-refractivity contribution < 1.29 is 18.4 Å². The molecule has 0 spiro atoms. The van der Waals surface area contributed by atoms with Crippen LogP contribution in [0.25, 0.3) is 0 Å². The number of alkyl halides is 3. The number of anilines is 1. The van der Waals surface area contributed by atoms with E-state index in [2.05, 4.69) is 10.1 Å². The number of pyridine rings is 1. The van der Waals surface area contributed by atoms with E-state index in [9.17, 15) is 13.2 Å². The Morgan fingerprint density at radius 2 is 2.21 bits per heavy atom. The van der Waals surface area contributed by atoms with Crippen molar-refractivity contribution in [2.45, 2.75) is 25.1 Å². The number of halogens is 3. The molecule has 19 heavy (non-hydrogen) atoms. The van der Waals surface area contributed by atoms with Gasteiger partial charge in [0.05, 0.1) is 0 Å². The van der Waals surface area contributed by atoms with Crippen LogP contribution in [-0.4, -0.2) is 34.8 Å². The maximum atomic E-state index is 12.5. The van der Waals surface area contributed by atoms with E-state index in [1.807, 2.05) is 0 Å². The van der Waals surface area contributed by atoms with E-state index in [1.165, 1.54) is 23.2 Å². The third-order valence-corrected chi connectivity index (χ3v) is 2.78. The number of aromatic nitrogens is 1. The Labute approximate surface area is 107 Å².